The highest BCUT2D eigenvalue weighted by Crippen LogP contribution is 2.34. The molecule has 0 aliphatic carbocycles. The molecular formula is C12H22N2O2. The summed E-state index contributed by atoms with van der Waals surface area (Å²) in [5.41, 5.74) is 0. The zero-order chi connectivity index (χ0) is 11.5. The molecule has 1 amide bonds. The lowest BCUT2D eigenvalue weighted by molar-refractivity contribution is -0.136. The third-order valence-electron chi connectivity index (χ3n) is 3.88. The first-order chi connectivity index (χ1) is 7.76. The summed E-state index contributed by atoms with van der Waals surface area (Å²) < 4.78 is 5.04. The van der Waals surface area contributed by atoms with E-state index >= 15 is 0 Å². The van der Waals surface area contributed by atoms with Crippen molar-refractivity contribution in [1.82, 2.24) is 10.2 Å². The lowest BCUT2D eigenvalue weighted by Gasteiger charge is -2.27. The quantitative estimate of drug-likeness (QED) is 0.747. The van der Waals surface area contributed by atoms with E-state index in [1.807, 2.05) is 11.8 Å². The van der Waals surface area contributed by atoms with Gasteiger partial charge in [-0.05, 0) is 26.2 Å². The second-order valence-corrected chi connectivity index (χ2v) is 4.80. The number of fused-ring (bicyclic) bond motifs is 2. The lowest BCUT2D eigenvalue weighted by Crippen LogP contribution is -2.42. The van der Waals surface area contributed by atoms with Crippen LogP contribution in [0.3, 0.4) is 0 Å². The summed E-state index contributed by atoms with van der Waals surface area (Å²) in [7, 11) is 1.68. The molecule has 2 saturated heterocycles. The fraction of sp³-hybridized carbons (Fsp3) is 0.917. The van der Waals surface area contributed by atoms with E-state index in [1.165, 1.54) is 12.8 Å². The number of amides is 1. The summed E-state index contributed by atoms with van der Waals surface area (Å²) in [4.78, 5) is 14.2. The molecule has 4 heteroatoms. The van der Waals surface area contributed by atoms with Crippen LogP contribution in [0.4, 0.5) is 0 Å². The average Bonchev–Trinajstić information content (AvgIpc) is 2.91. The Morgan fingerprint density at radius 1 is 1.50 bits per heavy atom. The van der Waals surface area contributed by atoms with Crippen LogP contribution in [0.15, 0.2) is 0 Å². The number of carbonyl (C=O) groups excluding carboxylic acids is 1. The summed E-state index contributed by atoms with van der Waals surface area (Å²) in [6.45, 7) is 4.18. The topological polar surface area (TPSA) is 41.6 Å². The molecule has 0 aromatic carbocycles. The molecule has 0 spiro atoms. The van der Waals surface area contributed by atoms with Gasteiger partial charge in [0.2, 0.25) is 5.91 Å². The monoisotopic (exact) mass is 226 g/mol. The van der Waals surface area contributed by atoms with Crippen molar-refractivity contribution in [2.45, 2.75) is 38.3 Å². The highest BCUT2D eigenvalue weighted by molar-refractivity contribution is 5.80. The summed E-state index contributed by atoms with van der Waals surface area (Å²) in [6.07, 6.45) is 3.45. The second-order valence-electron chi connectivity index (χ2n) is 4.80. The van der Waals surface area contributed by atoms with E-state index < -0.39 is 0 Å². The van der Waals surface area contributed by atoms with Crippen molar-refractivity contribution in [2.75, 3.05) is 26.8 Å². The standard InChI is InChI=1S/C12H22N2O2/c1-3-14(6-7-16-2)12(15)10-8-9-4-5-11(10)13-9/h9-11,13H,3-8H2,1-2H3. The van der Waals surface area contributed by atoms with Crippen LogP contribution in [0, 0.1) is 5.92 Å². The van der Waals surface area contributed by atoms with E-state index in [-0.39, 0.29) is 5.92 Å². The Hall–Kier alpha value is -0.610. The van der Waals surface area contributed by atoms with Crippen LogP contribution < -0.4 is 5.32 Å². The Balaban J connectivity index is 1.90. The minimum Gasteiger partial charge on any atom is -0.383 e. The third kappa shape index (κ3) is 2.23. The average molecular weight is 226 g/mol. The van der Waals surface area contributed by atoms with Crippen molar-refractivity contribution < 1.29 is 9.53 Å². The van der Waals surface area contributed by atoms with Crippen molar-refractivity contribution in [1.29, 1.82) is 0 Å². The molecule has 2 aliphatic heterocycles. The Bertz CT molecular complexity index is 257. The van der Waals surface area contributed by atoms with Crippen LogP contribution >= 0.6 is 0 Å². The van der Waals surface area contributed by atoms with Gasteiger partial charge in [0, 0.05) is 32.3 Å². The third-order valence-corrected chi connectivity index (χ3v) is 3.88. The maximum absolute atomic E-state index is 12.3. The number of hydrogen-bond donors (Lipinski definition) is 1. The van der Waals surface area contributed by atoms with E-state index in [1.54, 1.807) is 7.11 Å². The summed E-state index contributed by atoms with van der Waals surface area (Å²) in [5, 5.41) is 3.52. The van der Waals surface area contributed by atoms with Crippen molar-refractivity contribution in [3.05, 3.63) is 0 Å². The van der Waals surface area contributed by atoms with E-state index in [2.05, 4.69) is 5.32 Å². The smallest absolute Gasteiger partial charge is 0.227 e. The molecule has 1 N–H and O–H groups in total. The van der Waals surface area contributed by atoms with Gasteiger partial charge in [0.15, 0.2) is 0 Å². The van der Waals surface area contributed by atoms with Gasteiger partial charge < -0.3 is 15.0 Å². The maximum atomic E-state index is 12.3. The van der Waals surface area contributed by atoms with Crippen LogP contribution in [-0.2, 0) is 9.53 Å². The Morgan fingerprint density at radius 2 is 2.31 bits per heavy atom. The largest absolute Gasteiger partial charge is 0.383 e. The number of ether oxygens (including phenoxy) is 1. The summed E-state index contributed by atoms with van der Waals surface area (Å²) in [6, 6.07) is 1.04. The van der Waals surface area contributed by atoms with Crippen LogP contribution in [0.25, 0.3) is 0 Å². The first kappa shape index (κ1) is 11.9. The first-order valence-electron chi connectivity index (χ1n) is 6.30. The van der Waals surface area contributed by atoms with E-state index in [0.717, 1.165) is 19.5 Å². The molecule has 92 valence electrons. The van der Waals surface area contributed by atoms with Gasteiger partial charge in [-0.15, -0.1) is 0 Å². The summed E-state index contributed by atoms with van der Waals surface area (Å²) >= 11 is 0. The van der Waals surface area contributed by atoms with E-state index in [4.69, 9.17) is 4.74 Å². The molecule has 4 nitrogen and oxygen atoms in total. The van der Waals surface area contributed by atoms with Crippen LogP contribution in [0.5, 0.6) is 0 Å². The first-order valence-corrected chi connectivity index (χ1v) is 6.30. The van der Waals surface area contributed by atoms with Crippen LogP contribution in [0.1, 0.15) is 26.2 Å². The molecule has 2 heterocycles. The number of methoxy groups -OCH3 is 1. The zero-order valence-corrected chi connectivity index (χ0v) is 10.2. The number of nitrogens with one attached hydrogen (secondary N) is 1. The molecule has 2 rings (SSSR count). The van der Waals surface area contributed by atoms with Gasteiger partial charge in [-0.25, -0.2) is 0 Å². The van der Waals surface area contributed by atoms with E-state index in [9.17, 15) is 4.79 Å². The molecule has 0 aromatic heterocycles. The SMILES string of the molecule is CCN(CCOC)C(=O)C1CC2CCC1N2. The van der Waals surface area contributed by atoms with Crippen LogP contribution in [-0.4, -0.2) is 49.7 Å². The molecule has 0 saturated carbocycles. The number of nitrogens with zero attached hydrogens (tertiary/aromatic N) is 1. The molecule has 16 heavy (non-hydrogen) atoms. The number of hydrogen-bond acceptors (Lipinski definition) is 3. The number of rotatable bonds is 5. The molecule has 0 aromatic rings. The zero-order valence-electron chi connectivity index (χ0n) is 10.2. The second kappa shape index (κ2) is 5.15. The van der Waals surface area contributed by atoms with Gasteiger partial charge in [0.05, 0.1) is 12.5 Å². The molecule has 3 atom stereocenters. The van der Waals surface area contributed by atoms with Crippen LogP contribution in [0.2, 0.25) is 0 Å². The van der Waals surface area contributed by atoms with Crippen molar-refractivity contribution in [3.8, 4) is 0 Å². The summed E-state index contributed by atoms with van der Waals surface area (Å²) in [5.74, 6) is 0.537. The van der Waals surface area contributed by atoms with Gasteiger partial charge in [-0.1, -0.05) is 0 Å². The highest BCUT2D eigenvalue weighted by atomic mass is 16.5. The van der Waals surface area contributed by atoms with Gasteiger partial charge in [-0.3, -0.25) is 4.79 Å². The molecule has 2 fully saturated rings. The predicted octanol–water partition coefficient (Wildman–Crippen LogP) is 0.622. The number of carbonyl (C=O) groups is 1. The lowest BCUT2D eigenvalue weighted by atomic mass is 9.88. The number of likely N-dealkylation sites (N-methyl/N-ethyl adjacent to an activating group) is 1. The Kier molecular flexibility index (Phi) is 3.82. The van der Waals surface area contributed by atoms with Crippen molar-refractivity contribution >= 4 is 5.91 Å². The van der Waals surface area contributed by atoms with Crippen molar-refractivity contribution in [3.63, 3.8) is 0 Å². The minimum atomic E-state index is 0.218. The Morgan fingerprint density at radius 3 is 2.81 bits per heavy atom. The molecular weight excluding hydrogens is 204 g/mol. The Labute approximate surface area is 97.3 Å². The van der Waals surface area contributed by atoms with Gasteiger partial charge in [0.1, 0.15) is 0 Å². The molecule has 2 bridgehead atoms. The minimum absolute atomic E-state index is 0.218. The van der Waals surface area contributed by atoms with Gasteiger partial charge in [0.25, 0.3) is 0 Å². The predicted molar refractivity (Wildman–Crippen MR) is 62.2 cm³/mol. The van der Waals surface area contributed by atoms with Gasteiger partial charge in [-0.2, -0.15) is 0 Å². The fourth-order valence-corrected chi connectivity index (χ4v) is 2.96. The molecule has 2 aliphatic rings. The molecule has 3 unspecified atom stereocenters. The fourth-order valence-electron chi connectivity index (χ4n) is 2.96. The van der Waals surface area contributed by atoms with Gasteiger partial charge >= 0.3 is 0 Å². The van der Waals surface area contributed by atoms with Crippen molar-refractivity contribution in [2.24, 2.45) is 5.92 Å². The van der Waals surface area contributed by atoms with E-state index in [0.29, 0.717) is 24.6 Å². The molecule has 0 radical (unpaired) electrons. The highest BCUT2D eigenvalue weighted by Gasteiger charge is 2.43. The normalized spacial score (nSPS) is 32.0. The maximum Gasteiger partial charge on any atom is 0.227 e.